The number of nitrogens with zero attached hydrogens (tertiary/aromatic N) is 4. The number of hydrogen-bond acceptors (Lipinski definition) is 3. The fraction of sp³-hybridized carbons (Fsp3) is 0.227. The standard InChI is InChI=1S/C22H22N4O3.ClH/c1-24(17-10-6-3-7-11-17)22(29)26-14-18-19(12-20(26)21(27)28)25(15-23-18)13-16-8-4-2-5-9-16;/h2-11,15,20H,12-14H2,1H3,(H,27,28);1H. The largest absolute Gasteiger partial charge is 0.480 e. The zero-order valence-electron chi connectivity index (χ0n) is 16.5. The SMILES string of the molecule is CN(C(=O)N1Cc2ncn(Cc3ccccc3)c2CC1C(=O)O)c1ccccc1.Cl. The number of aliphatic carboxylic acids is 1. The highest BCUT2D eigenvalue weighted by molar-refractivity contribution is 5.94. The van der Waals surface area contributed by atoms with Gasteiger partial charge in [0.25, 0.3) is 0 Å². The van der Waals surface area contributed by atoms with Crippen LogP contribution in [0, 0.1) is 0 Å². The van der Waals surface area contributed by atoms with Gasteiger partial charge in [-0.3, -0.25) is 4.90 Å². The van der Waals surface area contributed by atoms with Crippen LogP contribution in [0.2, 0.25) is 0 Å². The zero-order chi connectivity index (χ0) is 20.4. The van der Waals surface area contributed by atoms with E-state index in [1.54, 1.807) is 13.4 Å². The summed E-state index contributed by atoms with van der Waals surface area (Å²) in [4.78, 5) is 32.4. The van der Waals surface area contributed by atoms with Crippen LogP contribution < -0.4 is 4.90 Å². The van der Waals surface area contributed by atoms with E-state index in [1.165, 1.54) is 9.80 Å². The van der Waals surface area contributed by atoms with Gasteiger partial charge in [-0.2, -0.15) is 0 Å². The molecular weight excluding hydrogens is 404 g/mol. The van der Waals surface area contributed by atoms with E-state index in [0.717, 1.165) is 17.0 Å². The van der Waals surface area contributed by atoms with Crippen LogP contribution in [0.15, 0.2) is 67.0 Å². The topological polar surface area (TPSA) is 78.7 Å². The van der Waals surface area contributed by atoms with Gasteiger partial charge in [-0.1, -0.05) is 48.5 Å². The minimum absolute atomic E-state index is 0. The molecule has 0 spiro atoms. The first kappa shape index (κ1) is 21.4. The van der Waals surface area contributed by atoms with Gasteiger partial charge >= 0.3 is 12.0 Å². The van der Waals surface area contributed by atoms with Crippen molar-refractivity contribution in [3.05, 3.63) is 83.9 Å². The summed E-state index contributed by atoms with van der Waals surface area (Å²) in [6, 6.07) is 17.8. The molecule has 2 amide bonds. The summed E-state index contributed by atoms with van der Waals surface area (Å²) < 4.78 is 1.98. The van der Waals surface area contributed by atoms with E-state index in [-0.39, 0.29) is 31.4 Å². The Morgan fingerprint density at radius 1 is 1.10 bits per heavy atom. The lowest BCUT2D eigenvalue weighted by atomic mass is 10.0. The Bertz CT molecular complexity index is 1020. The number of fused-ring (bicyclic) bond motifs is 1. The molecule has 3 aromatic rings. The van der Waals surface area contributed by atoms with E-state index in [9.17, 15) is 14.7 Å². The van der Waals surface area contributed by atoms with Crippen molar-refractivity contribution in [2.45, 2.75) is 25.6 Å². The number of carboxylic acid groups (broad SMARTS) is 1. The molecule has 1 aliphatic heterocycles. The van der Waals surface area contributed by atoms with Crippen LogP contribution in [0.25, 0.3) is 0 Å². The number of anilines is 1. The Hall–Kier alpha value is -3.32. The number of imidazole rings is 1. The number of rotatable bonds is 4. The number of aromatic nitrogens is 2. The maximum Gasteiger partial charge on any atom is 0.326 e. The van der Waals surface area contributed by atoms with Crippen molar-refractivity contribution in [1.29, 1.82) is 0 Å². The van der Waals surface area contributed by atoms with Gasteiger partial charge in [-0.05, 0) is 17.7 Å². The number of halogens is 1. The number of amides is 2. The van der Waals surface area contributed by atoms with Gasteiger partial charge in [-0.25, -0.2) is 14.6 Å². The second-order valence-corrected chi connectivity index (χ2v) is 7.11. The Kier molecular flexibility index (Phi) is 6.42. The molecule has 0 aliphatic carbocycles. The second kappa shape index (κ2) is 9.00. The van der Waals surface area contributed by atoms with Crippen LogP contribution in [0.1, 0.15) is 17.0 Å². The Morgan fingerprint density at radius 2 is 1.73 bits per heavy atom. The van der Waals surface area contributed by atoms with Crippen LogP contribution in [-0.4, -0.2) is 44.6 Å². The van der Waals surface area contributed by atoms with Crippen LogP contribution in [0.5, 0.6) is 0 Å². The highest BCUT2D eigenvalue weighted by Gasteiger charge is 2.38. The third kappa shape index (κ3) is 4.16. The van der Waals surface area contributed by atoms with E-state index in [2.05, 4.69) is 4.98 Å². The highest BCUT2D eigenvalue weighted by atomic mass is 35.5. The Balaban J connectivity index is 0.00000256. The van der Waals surface area contributed by atoms with Gasteiger partial charge in [0.05, 0.1) is 18.6 Å². The molecule has 1 N–H and O–H groups in total. The average Bonchev–Trinajstić information content (AvgIpc) is 3.14. The molecule has 0 saturated carbocycles. The summed E-state index contributed by atoms with van der Waals surface area (Å²) in [7, 11) is 1.65. The molecular formula is C22H23ClN4O3. The minimum atomic E-state index is -1.02. The molecule has 0 bridgehead atoms. The summed E-state index contributed by atoms with van der Waals surface area (Å²) in [5.74, 6) is -1.02. The number of urea groups is 1. The smallest absolute Gasteiger partial charge is 0.326 e. The van der Waals surface area contributed by atoms with Gasteiger partial charge in [0.15, 0.2) is 0 Å². The molecule has 2 heterocycles. The molecule has 0 radical (unpaired) electrons. The Morgan fingerprint density at radius 3 is 2.37 bits per heavy atom. The lowest BCUT2D eigenvalue weighted by Gasteiger charge is -2.35. The first-order chi connectivity index (χ1) is 14.0. The maximum atomic E-state index is 13.1. The fourth-order valence-corrected chi connectivity index (χ4v) is 3.67. The summed E-state index contributed by atoms with van der Waals surface area (Å²) >= 11 is 0. The number of benzene rings is 2. The lowest BCUT2D eigenvalue weighted by molar-refractivity contribution is -0.142. The van der Waals surface area contributed by atoms with Gasteiger partial charge in [0.1, 0.15) is 6.04 Å². The van der Waals surface area contributed by atoms with Crippen LogP contribution in [-0.2, 0) is 24.3 Å². The molecule has 1 aliphatic rings. The molecule has 156 valence electrons. The molecule has 0 saturated heterocycles. The third-order valence-electron chi connectivity index (χ3n) is 5.27. The third-order valence-corrected chi connectivity index (χ3v) is 5.27. The van der Waals surface area contributed by atoms with Crippen molar-refractivity contribution in [2.24, 2.45) is 0 Å². The van der Waals surface area contributed by atoms with Gasteiger partial charge < -0.3 is 14.6 Å². The summed E-state index contributed by atoms with van der Waals surface area (Å²) in [6.45, 7) is 0.789. The molecule has 1 unspecified atom stereocenters. The maximum absolute atomic E-state index is 13.1. The lowest BCUT2D eigenvalue weighted by Crippen LogP contribution is -2.53. The molecule has 8 heteroatoms. The number of para-hydroxylation sites is 1. The van der Waals surface area contributed by atoms with Crippen molar-refractivity contribution in [2.75, 3.05) is 11.9 Å². The van der Waals surface area contributed by atoms with Crippen LogP contribution >= 0.6 is 12.4 Å². The molecule has 30 heavy (non-hydrogen) atoms. The quantitative estimate of drug-likeness (QED) is 0.693. The number of carbonyl (C=O) groups is 2. The van der Waals surface area contributed by atoms with Crippen molar-refractivity contribution in [3.63, 3.8) is 0 Å². The first-order valence-electron chi connectivity index (χ1n) is 9.43. The number of carboxylic acids is 1. The fourth-order valence-electron chi connectivity index (χ4n) is 3.67. The van der Waals surface area contributed by atoms with Crippen LogP contribution in [0.4, 0.5) is 10.5 Å². The van der Waals surface area contributed by atoms with Crippen LogP contribution in [0.3, 0.4) is 0 Å². The monoisotopic (exact) mass is 426 g/mol. The minimum Gasteiger partial charge on any atom is -0.480 e. The van der Waals surface area contributed by atoms with Gasteiger partial charge in [0, 0.05) is 31.4 Å². The second-order valence-electron chi connectivity index (χ2n) is 7.11. The zero-order valence-corrected chi connectivity index (χ0v) is 17.3. The normalized spacial score (nSPS) is 15.1. The van der Waals surface area contributed by atoms with E-state index in [1.807, 2.05) is 65.2 Å². The van der Waals surface area contributed by atoms with Crippen molar-refractivity contribution in [1.82, 2.24) is 14.5 Å². The van der Waals surface area contributed by atoms with E-state index in [0.29, 0.717) is 12.2 Å². The van der Waals surface area contributed by atoms with E-state index < -0.39 is 12.0 Å². The van der Waals surface area contributed by atoms with E-state index in [4.69, 9.17) is 0 Å². The Labute approximate surface area is 181 Å². The average molecular weight is 427 g/mol. The molecule has 0 fully saturated rings. The van der Waals surface area contributed by atoms with Crippen molar-refractivity contribution >= 4 is 30.1 Å². The van der Waals surface area contributed by atoms with Gasteiger partial charge in [-0.15, -0.1) is 12.4 Å². The summed E-state index contributed by atoms with van der Waals surface area (Å²) in [5.41, 5.74) is 3.44. The molecule has 2 aromatic carbocycles. The number of carbonyl (C=O) groups excluding carboxylic acids is 1. The number of hydrogen-bond donors (Lipinski definition) is 1. The first-order valence-corrected chi connectivity index (χ1v) is 9.43. The van der Waals surface area contributed by atoms with Crippen molar-refractivity contribution in [3.8, 4) is 0 Å². The molecule has 1 aromatic heterocycles. The summed E-state index contributed by atoms with van der Waals surface area (Å²) in [6.07, 6.45) is 1.96. The highest BCUT2D eigenvalue weighted by Crippen LogP contribution is 2.26. The predicted molar refractivity (Wildman–Crippen MR) is 116 cm³/mol. The molecule has 1 atom stereocenters. The van der Waals surface area contributed by atoms with Crippen molar-refractivity contribution < 1.29 is 14.7 Å². The molecule has 4 rings (SSSR count). The van der Waals surface area contributed by atoms with Gasteiger partial charge in [0.2, 0.25) is 0 Å². The molecule has 7 nitrogen and oxygen atoms in total. The predicted octanol–water partition coefficient (Wildman–Crippen LogP) is 3.42. The summed E-state index contributed by atoms with van der Waals surface area (Å²) in [5, 5.41) is 9.81. The van der Waals surface area contributed by atoms with E-state index >= 15 is 0 Å².